The summed E-state index contributed by atoms with van der Waals surface area (Å²) in [5, 5.41) is 2.52. The Morgan fingerprint density at radius 1 is 1.12 bits per heavy atom. The summed E-state index contributed by atoms with van der Waals surface area (Å²) in [5.74, 6) is -0.538. The van der Waals surface area contributed by atoms with Gasteiger partial charge in [0.25, 0.3) is 5.91 Å². The van der Waals surface area contributed by atoms with Crippen LogP contribution in [0.25, 0.3) is 0 Å². The number of hydrogen-bond acceptors (Lipinski definition) is 4. The van der Waals surface area contributed by atoms with Crippen molar-refractivity contribution in [2.75, 3.05) is 18.2 Å². The van der Waals surface area contributed by atoms with Gasteiger partial charge in [0.2, 0.25) is 0 Å². The van der Waals surface area contributed by atoms with E-state index in [1.807, 2.05) is 0 Å². The summed E-state index contributed by atoms with van der Waals surface area (Å²) in [7, 11) is -3.44. The van der Waals surface area contributed by atoms with E-state index in [0.29, 0.717) is 5.69 Å². The topological polar surface area (TPSA) is 72.5 Å². The molecule has 9 heteroatoms. The highest BCUT2D eigenvalue weighted by Crippen LogP contribution is 2.21. The third kappa shape index (κ3) is 5.79. The first-order chi connectivity index (χ1) is 11.5. The van der Waals surface area contributed by atoms with E-state index >= 15 is 0 Å². The fourth-order valence-corrected chi connectivity index (χ4v) is 2.54. The van der Waals surface area contributed by atoms with Crippen molar-refractivity contribution in [1.29, 1.82) is 0 Å². The van der Waals surface area contributed by atoms with Crippen LogP contribution in [0.2, 0.25) is 0 Å². The number of nitrogens with one attached hydrogen (secondary N) is 1. The van der Waals surface area contributed by atoms with Crippen molar-refractivity contribution in [2.24, 2.45) is 0 Å². The molecule has 25 heavy (non-hydrogen) atoms. The quantitative estimate of drug-likeness (QED) is 0.873. The average molecular weight is 373 g/mol. The molecule has 0 spiro atoms. The summed E-state index contributed by atoms with van der Waals surface area (Å²) in [6.45, 7) is -1.41. The summed E-state index contributed by atoms with van der Waals surface area (Å²) in [6, 6.07) is 10.8. The van der Waals surface area contributed by atoms with E-state index in [0.717, 1.165) is 6.26 Å². The van der Waals surface area contributed by atoms with Crippen LogP contribution in [0.4, 0.5) is 18.9 Å². The number of hydrogen-bond donors (Lipinski definition) is 1. The zero-order valence-electron chi connectivity index (χ0n) is 13.0. The van der Waals surface area contributed by atoms with Gasteiger partial charge in [-0.15, -0.1) is 0 Å². The molecule has 0 fully saturated rings. The molecular weight excluding hydrogens is 359 g/mol. The molecule has 5 nitrogen and oxygen atoms in total. The molecule has 0 saturated heterocycles. The predicted octanol–water partition coefficient (Wildman–Crippen LogP) is 3.28. The number of carbonyl (C=O) groups excluding carboxylic acids is 1. The van der Waals surface area contributed by atoms with Crippen LogP contribution >= 0.6 is 0 Å². The number of rotatable bonds is 5. The first-order valence-corrected chi connectivity index (χ1v) is 8.85. The second-order valence-corrected chi connectivity index (χ2v) is 7.20. The number of anilines is 1. The van der Waals surface area contributed by atoms with Crippen molar-refractivity contribution < 1.29 is 31.1 Å². The maximum atomic E-state index is 12.1. The van der Waals surface area contributed by atoms with Gasteiger partial charge >= 0.3 is 6.18 Å². The second-order valence-electron chi connectivity index (χ2n) is 5.18. The van der Waals surface area contributed by atoms with Gasteiger partial charge in [-0.2, -0.15) is 13.2 Å². The van der Waals surface area contributed by atoms with E-state index in [-0.39, 0.29) is 16.2 Å². The zero-order chi connectivity index (χ0) is 18.7. The molecule has 1 amide bonds. The fourth-order valence-electron chi connectivity index (χ4n) is 1.87. The minimum absolute atomic E-state index is 0.00870. The Balaban J connectivity index is 2.06. The molecule has 0 aliphatic carbocycles. The van der Waals surface area contributed by atoms with Gasteiger partial charge in [-0.25, -0.2) is 8.42 Å². The van der Waals surface area contributed by atoms with Gasteiger partial charge in [-0.1, -0.05) is 6.07 Å². The lowest BCUT2D eigenvalue weighted by atomic mass is 10.2. The summed E-state index contributed by atoms with van der Waals surface area (Å²) in [6.07, 6.45) is -3.40. The molecule has 0 aromatic heterocycles. The minimum Gasteiger partial charge on any atom is -0.484 e. The van der Waals surface area contributed by atoms with E-state index in [9.17, 15) is 26.4 Å². The smallest absolute Gasteiger partial charge is 0.422 e. The first kappa shape index (κ1) is 18.8. The molecule has 0 saturated carbocycles. The van der Waals surface area contributed by atoms with Crippen LogP contribution in [0.1, 0.15) is 10.4 Å². The molecule has 1 N–H and O–H groups in total. The predicted molar refractivity (Wildman–Crippen MR) is 85.5 cm³/mol. The molecular formula is C16H14F3NO4S. The molecule has 0 bridgehead atoms. The highest BCUT2D eigenvalue weighted by atomic mass is 32.2. The number of ether oxygens (including phenoxy) is 1. The van der Waals surface area contributed by atoms with Crippen molar-refractivity contribution in [3.8, 4) is 5.75 Å². The lowest BCUT2D eigenvalue weighted by Gasteiger charge is -2.10. The van der Waals surface area contributed by atoms with Crippen LogP contribution in [0.15, 0.2) is 53.4 Å². The standard InChI is InChI=1S/C16H14F3NO4S/c1-25(22,23)14-4-2-3-11(9-14)15(21)20-12-5-7-13(8-6-12)24-10-16(17,18)19/h2-9H,10H2,1H3,(H,20,21). The van der Waals surface area contributed by atoms with Gasteiger partial charge in [0.15, 0.2) is 16.4 Å². The van der Waals surface area contributed by atoms with Crippen molar-refractivity contribution >= 4 is 21.4 Å². The van der Waals surface area contributed by atoms with Crippen LogP contribution in [0, 0.1) is 0 Å². The van der Waals surface area contributed by atoms with Gasteiger partial charge in [0.1, 0.15) is 5.75 Å². The SMILES string of the molecule is CS(=O)(=O)c1cccc(C(=O)Nc2ccc(OCC(F)(F)F)cc2)c1. The number of alkyl halides is 3. The summed E-state index contributed by atoms with van der Waals surface area (Å²) in [4.78, 5) is 12.2. The molecule has 0 heterocycles. The Labute approximate surface area is 142 Å². The summed E-state index contributed by atoms with van der Waals surface area (Å²) in [5.41, 5.74) is 0.467. The maximum Gasteiger partial charge on any atom is 0.422 e. The van der Waals surface area contributed by atoms with Gasteiger partial charge in [0.05, 0.1) is 4.90 Å². The highest BCUT2D eigenvalue weighted by Gasteiger charge is 2.28. The minimum atomic E-state index is -4.43. The summed E-state index contributed by atoms with van der Waals surface area (Å²) >= 11 is 0. The third-order valence-corrected chi connectivity index (χ3v) is 4.15. The molecule has 0 radical (unpaired) electrons. The Hall–Kier alpha value is -2.55. The normalized spacial score (nSPS) is 11.8. The average Bonchev–Trinajstić information content (AvgIpc) is 2.53. The molecule has 2 aromatic rings. The lowest BCUT2D eigenvalue weighted by Crippen LogP contribution is -2.19. The Kier molecular flexibility index (Phi) is 5.36. The number of sulfone groups is 1. The molecule has 2 rings (SSSR count). The first-order valence-electron chi connectivity index (χ1n) is 6.96. The van der Waals surface area contributed by atoms with Crippen LogP contribution < -0.4 is 10.1 Å². The zero-order valence-corrected chi connectivity index (χ0v) is 13.8. The largest absolute Gasteiger partial charge is 0.484 e. The van der Waals surface area contributed by atoms with E-state index in [1.165, 1.54) is 48.5 Å². The van der Waals surface area contributed by atoms with Gasteiger partial charge in [-0.05, 0) is 42.5 Å². The maximum absolute atomic E-state index is 12.1. The molecule has 0 unspecified atom stereocenters. The van der Waals surface area contributed by atoms with Crippen LogP contribution in [-0.4, -0.2) is 33.4 Å². The van der Waals surface area contributed by atoms with Crippen molar-refractivity contribution in [1.82, 2.24) is 0 Å². The van der Waals surface area contributed by atoms with E-state index in [2.05, 4.69) is 10.1 Å². The van der Waals surface area contributed by atoms with Crippen LogP contribution in [0.5, 0.6) is 5.75 Å². The monoisotopic (exact) mass is 373 g/mol. The lowest BCUT2D eigenvalue weighted by molar-refractivity contribution is -0.153. The summed E-state index contributed by atoms with van der Waals surface area (Å²) < 4.78 is 63.8. The molecule has 134 valence electrons. The van der Waals surface area contributed by atoms with Gasteiger partial charge < -0.3 is 10.1 Å². The fraction of sp³-hybridized carbons (Fsp3) is 0.188. The number of halogens is 3. The van der Waals surface area contributed by atoms with Crippen molar-refractivity contribution in [3.05, 3.63) is 54.1 Å². The number of benzene rings is 2. The van der Waals surface area contributed by atoms with E-state index in [4.69, 9.17) is 0 Å². The molecule has 2 aromatic carbocycles. The Morgan fingerprint density at radius 2 is 1.76 bits per heavy atom. The van der Waals surface area contributed by atoms with Crippen LogP contribution in [0.3, 0.4) is 0 Å². The van der Waals surface area contributed by atoms with E-state index in [1.54, 1.807) is 0 Å². The van der Waals surface area contributed by atoms with Crippen molar-refractivity contribution in [3.63, 3.8) is 0 Å². The third-order valence-electron chi connectivity index (χ3n) is 3.04. The van der Waals surface area contributed by atoms with Gasteiger partial charge in [-0.3, -0.25) is 4.79 Å². The molecule has 0 aliphatic heterocycles. The van der Waals surface area contributed by atoms with Gasteiger partial charge in [0, 0.05) is 17.5 Å². The van der Waals surface area contributed by atoms with Crippen LogP contribution in [-0.2, 0) is 9.84 Å². The number of carbonyl (C=O) groups is 1. The van der Waals surface area contributed by atoms with E-state index < -0.39 is 28.5 Å². The highest BCUT2D eigenvalue weighted by molar-refractivity contribution is 7.90. The number of amides is 1. The molecule has 0 aliphatic rings. The Bertz CT molecular complexity index is 862. The Morgan fingerprint density at radius 3 is 2.32 bits per heavy atom. The van der Waals surface area contributed by atoms with Crippen molar-refractivity contribution in [2.45, 2.75) is 11.1 Å². The second kappa shape index (κ2) is 7.14. The molecule has 0 atom stereocenters.